The highest BCUT2D eigenvalue weighted by atomic mass is 19.1. The van der Waals surface area contributed by atoms with Crippen LogP contribution in [0.5, 0.6) is 0 Å². The summed E-state index contributed by atoms with van der Waals surface area (Å²) in [5.41, 5.74) is 0. The van der Waals surface area contributed by atoms with Crippen molar-refractivity contribution in [2.24, 2.45) is 11.8 Å². The third-order valence-corrected chi connectivity index (χ3v) is 7.58. The highest BCUT2D eigenvalue weighted by molar-refractivity contribution is 5.82. The van der Waals surface area contributed by atoms with Crippen molar-refractivity contribution in [3.05, 3.63) is 0 Å². The second kappa shape index (κ2) is 10.7. The Hall–Kier alpha value is -1.32. The minimum Gasteiger partial charge on any atom is -0.381 e. The summed E-state index contributed by atoms with van der Waals surface area (Å²) < 4.78 is 45.6. The number of piperazine rings is 1. The molecule has 184 valence electrons. The van der Waals surface area contributed by atoms with Gasteiger partial charge in [-0.3, -0.25) is 9.59 Å². The first kappa shape index (κ1) is 25.3. The van der Waals surface area contributed by atoms with Gasteiger partial charge in [0.25, 0.3) is 0 Å². The van der Waals surface area contributed by atoms with Crippen LogP contribution in [0.25, 0.3) is 0 Å². The van der Waals surface area contributed by atoms with Gasteiger partial charge in [-0.1, -0.05) is 0 Å². The fourth-order valence-electron chi connectivity index (χ4n) is 5.77. The Balaban J connectivity index is 1.64. The number of methoxy groups -OCH3 is 3. The zero-order valence-electron chi connectivity index (χ0n) is 19.8. The van der Waals surface area contributed by atoms with E-state index >= 15 is 0 Å². The van der Waals surface area contributed by atoms with Crippen LogP contribution < -0.4 is 0 Å². The molecule has 1 saturated heterocycles. The van der Waals surface area contributed by atoms with E-state index in [-0.39, 0.29) is 61.5 Å². The molecule has 0 radical (unpaired) electrons. The second-order valence-electron chi connectivity index (χ2n) is 9.62. The molecule has 32 heavy (non-hydrogen) atoms. The first-order valence-corrected chi connectivity index (χ1v) is 11.7. The standard InChI is InChI=1S/C23H38F2N2O5/c1-13-11-26(22(28)17-9-20(31-4)21(32-5)10-19(17)25)12-14(2)27(13)23(29)16-7-6-15(30-3)8-18(16)24/h13-21H,6-12H2,1-5H3/t13-,14-,15?,16?,17?,18?,19?,20?,21?/m1/s1. The number of ether oxygens (including phenoxy) is 3. The minimum absolute atomic E-state index is 0.122. The van der Waals surface area contributed by atoms with Crippen LogP contribution >= 0.6 is 0 Å². The van der Waals surface area contributed by atoms with Gasteiger partial charge >= 0.3 is 0 Å². The molecule has 1 heterocycles. The van der Waals surface area contributed by atoms with Crippen LogP contribution in [0.1, 0.15) is 46.0 Å². The topological polar surface area (TPSA) is 68.3 Å². The van der Waals surface area contributed by atoms with Gasteiger partial charge in [0.1, 0.15) is 12.3 Å². The number of nitrogens with zero attached hydrogens (tertiary/aromatic N) is 2. The second-order valence-corrected chi connectivity index (χ2v) is 9.62. The summed E-state index contributed by atoms with van der Waals surface area (Å²) >= 11 is 0. The molecule has 9 atom stereocenters. The average molecular weight is 461 g/mol. The molecule has 3 rings (SSSR count). The van der Waals surface area contributed by atoms with Crippen molar-refractivity contribution in [2.75, 3.05) is 34.4 Å². The maximum Gasteiger partial charge on any atom is 0.229 e. The lowest BCUT2D eigenvalue weighted by molar-refractivity contribution is -0.159. The Labute approximate surface area is 189 Å². The summed E-state index contributed by atoms with van der Waals surface area (Å²) in [4.78, 5) is 29.8. The van der Waals surface area contributed by atoms with Crippen LogP contribution in [0.15, 0.2) is 0 Å². The molecule has 0 aromatic carbocycles. The van der Waals surface area contributed by atoms with E-state index < -0.39 is 24.2 Å². The van der Waals surface area contributed by atoms with E-state index in [1.807, 2.05) is 13.8 Å². The van der Waals surface area contributed by atoms with Crippen LogP contribution in [0.3, 0.4) is 0 Å². The zero-order chi connectivity index (χ0) is 23.6. The van der Waals surface area contributed by atoms with Crippen molar-refractivity contribution in [2.45, 2.75) is 88.7 Å². The monoisotopic (exact) mass is 460 g/mol. The number of carbonyl (C=O) groups is 2. The van der Waals surface area contributed by atoms with E-state index in [0.717, 1.165) is 0 Å². The predicted molar refractivity (Wildman–Crippen MR) is 115 cm³/mol. The molecule has 0 aromatic rings. The quantitative estimate of drug-likeness (QED) is 0.630. The van der Waals surface area contributed by atoms with E-state index in [1.54, 1.807) is 24.0 Å². The van der Waals surface area contributed by atoms with Crippen LogP contribution in [0.4, 0.5) is 8.78 Å². The largest absolute Gasteiger partial charge is 0.381 e. The molecular weight excluding hydrogens is 422 g/mol. The molecule has 0 bridgehead atoms. The number of hydrogen-bond donors (Lipinski definition) is 0. The SMILES string of the molecule is COC1CCC(C(=O)N2[C@H](C)CN(C(=O)C3CC(OC)C(OC)CC3F)C[C@H]2C)C(F)C1. The molecule has 2 saturated carbocycles. The first-order chi connectivity index (χ1) is 15.2. The van der Waals surface area contributed by atoms with Gasteiger partial charge in [0.05, 0.1) is 30.1 Å². The molecule has 2 aliphatic carbocycles. The Kier molecular flexibility index (Phi) is 8.49. The Morgan fingerprint density at radius 3 is 1.84 bits per heavy atom. The van der Waals surface area contributed by atoms with Crippen molar-refractivity contribution in [1.29, 1.82) is 0 Å². The summed E-state index contributed by atoms with van der Waals surface area (Å²) in [7, 11) is 4.64. The fraction of sp³-hybridized carbons (Fsp3) is 0.913. The number of amides is 2. The normalized spacial score (nSPS) is 40.9. The summed E-state index contributed by atoms with van der Waals surface area (Å²) in [5.74, 6) is -1.89. The maximum atomic E-state index is 14.8. The van der Waals surface area contributed by atoms with Crippen molar-refractivity contribution in [3.8, 4) is 0 Å². The van der Waals surface area contributed by atoms with E-state index in [9.17, 15) is 18.4 Å². The number of halogens is 2. The number of rotatable bonds is 5. The zero-order valence-corrected chi connectivity index (χ0v) is 19.8. The Morgan fingerprint density at radius 1 is 0.750 bits per heavy atom. The van der Waals surface area contributed by atoms with E-state index in [4.69, 9.17) is 14.2 Å². The van der Waals surface area contributed by atoms with E-state index in [2.05, 4.69) is 0 Å². The lowest BCUT2D eigenvalue weighted by atomic mass is 9.82. The van der Waals surface area contributed by atoms with Crippen molar-refractivity contribution < 1.29 is 32.6 Å². The van der Waals surface area contributed by atoms with Gasteiger partial charge in [0.15, 0.2) is 0 Å². The van der Waals surface area contributed by atoms with Crippen LogP contribution in [0, 0.1) is 11.8 Å². The highest BCUT2D eigenvalue weighted by Gasteiger charge is 2.46. The molecule has 1 aliphatic heterocycles. The molecule has 0 spiro atoms. The van der Waals surface area contributed by atoms with Crippen molar-refractivity contribution in [3.63, 3.8) is 0 Å². The number of alkyl halides is 2. The Morgan fingerprint density at radius 2 is 1.31 bits per heavy atom. The molecule has 9 heteroatoms. The number of carbonyl (C=O) groups excluding carboxylic acids is 2. The minimum atomic E-state index is -1.30. The smallest absolute Gasteiger partial charge is 0.229 e. The van der Waals surface area contributed by atoms with E-state index in [0.29, 0.717) is 25.9 Å². The van der Waals surface area contributed by atoms with Gasteiger partial charge in [-0.2, -0.15) is 0 Å². The molecule has 3 fully saturated rings. The molecule has 2 amide bonds. The number of hydrogen-bond acceptors (Lipinski definition) is 5. The maximum absolute atomic E-state index is 14.8. The van der Waals surface area contributed by atoms with Crippen molar-refractivity contribution in [1.82, 2.24) is 9.80 Å². The molecule has 0 aromatic heterocycles. The fourth-order valence-corrected chi connectivity index (χ4v) is 5.77. The lowest BCUT2D eigenvalue weighted by Gasteiger charge is -2.48. The van der Waals surface area contributed by atoms with Gasteiger partial charge in [-0.05, 0) is 33.1 Å². The van der Waals surface area contributed by atoms with Gasteiger partial charge in [-0.25, -0.2) is 8.78 Å². The highest BCUT2D eigenvalue weighted by Crippen LogP contribution is 2.35. The Bertz CT molecular complexity index is 656. The van der Waals surface area contributed by atoms with E-state index in [1.165, 1.54) is 7.11 Å². The predicted octanol–water partition coefficient (Wildman–Crippen LogP) is 2.37. The first-order valence-electron chi connectivity index (χ1n) is 11.7. The summed E-state index contributed by atoms with van der Waals surface area (Å²) in [6.07, 6.45) is -1.62. The molecule has 7 unspecified atom stereocenters. The van der Waals surface area contributed by atoms with Gasteiger partial charge in [0.2, 0.25) is 11.8 Å². The molecule has 3 aliphatic rings. The van der Waals surface area contributed by atoms with Crippen LogP contribution in [0.2, 0.25) is 0 Å². The third-order valence-electron chi connectivity index (χ3n) is 7.58. The van der Waals surface area contributed by atoms with Crippen LogP contribution in [-0.2, 0) is 23.8 Å². The van der Waals surface area contributed by atoms with Gasteiger partial charge < -0.3 is 24.0 Å². The summed E-state index contributed by atoms with van der Waals surface area (Å²) in [6, 6.07) is -0.539. The lowest BCUT2D eigenvalue weighted by Crippen LogP contribution is -2.63. The average Bonchev–Trinajstić information content (AvgIpc) is 2.77. The third kappa shape index (κ3) is 5.09. The molecule has 7 nitrogen and oxygen atoms in total. The van der Waals surface area contributed by atoms with Crippen molar-refractivity contribution >= 4 is 11.8 Å². The van der Waals surface area contributed by atoms with Gasteiger partial charge in [0, 0.05) is 59.3 Å². The summed E-state index contributed by atoms with van der Waals surface area (Å²) in [5, 5.41) is 0. The van der Waals surface area contributed by atoms with Crippen LogP contribution in [-0.4, -0.2) is 98.8 Å². The summed E-state index contributed by atoms with van der Waals surface area (Å²) in [6.45, 7) is 4.37. The molecular formula is C23H38F2N2O5. The molecule has 0 N–H and O–H groups in total. The van der Waals surface area contributed by atoms with Gasteiger partial charge in [-0.15, -0.1) is 0 Å².